The maximum Gasteiger partial charge on any atom is 0.326 e. The van der Waals surface area contributed by atoms with Crippen LogP contribution in [0.1, 0.15) is 22.4 Å². The fourth-order valence-electron chi connectivity index (χ4n) is 6.06. The predicted molar refractivity (Wildman–Crippen MR) is 188 cm³/mol. The van der Waals surface area contributed by atoms with Crippen LogP contribution < -0.4 is 21.7 Å². The number of H-pyrrole nitrogens is 3. The topological polar surface area (TPSA) is 211 Å². The number of carboxylic acid groups (broad SMARTS) is 1. The van der Waals surface area contributed by atoms with Crippen molar-refractivity contribution >= 4 is 45.5 Å². The molecule has 50 heavy (non-hydrogen) atoms. The number of nitrogens with two attached hydrogens (primary N) is 1. The van der Waals surface area contributed by atoms with Gasteiger partial charge in [-0.2, -0.15) is 0 Å². The highest BCUT2D eigenvalue weighted by Gasteiger charge is 2.31. The number of nitrogens with zero attached hydrogens (tertiary/aromatic N) is 1. The molecule has 3 aromatic heterocycles. The monoisotopic (exact) mass is 674 g/mol. The summed E-state index contributed by atoms with van der Waals surface area (Å²) in [5, 5.41) is 19.9. The van der Waals surface area contributed by atoms with Crippen LogP contribution >= 0.6 is 0 Å². The van der Waals surface area contributed by atoms with E-state index in [2.05, 4.69) is 35.9 Å². The van der Waals surface area contributed by atoms with Crippen LogP contribution in [0, 0.1) is 0 Å². The second kappa shape index (κ2) is 15.3. The van der Waals surface area contributed by atoms with Crippen LogP contribution in [-0.2, 0) is 44.9 Å². The summed E-state index contributed by atoms with van der Waals surface area (Å²) in [5.74, 6) is -3.10. The molecule has 3 aromatic carbocycles. The highest BCUT2D eigenvalue weighted by molar-refractivity contribution is 5.95. The van der Waals surface area contributed by atoms with Crippen LogP contribution in [0.15, 0.2) is 104 Å². The number of aromatic nitrogens is 4. The summed E-state index contributed by atoms with van der Waals surface area (Å²) in [6.07, 6.45) is 6.85. The van der Waals surface area contributed by atoms with Crippen molar-refractivity contribution < 1.29 is 24.3 Å². The molecule has 3 amide bonds. The number of aliphatic carboxylic acids is 1. The Bertz CT molecular complexity index is 2090. The molecule has 6 rings (SSSR count). The Kier molecular flexibility index (Phi) is 10.3. The van der Waals surface area contributed by atoms with Gasteiger partial charge in [-0.05, 0) is 35.2 Å². The molecule has 4 unspecified atom stereocenters. The van der Waals surface area contributed by atoms with Gasteiger partial charge in [0.1, 0.15) is 18.1 Å². The van der Waals surface area contributed by atoms with E-state index in [0.717, 1.165) is 38.5 Å². The first-order valence-corrected chi connectivity index (χ1v) is 16.3. The highest BCUT2D eigenvalue weighted by Crippen LogP contribution is 2.21. The molecule has 0 aliphatic rings. The lowest BCUT2D eigenvalue weighted by Crippen LogP contribution is -2.58. The normalized spacial score (nSPS) is 13.7. The smallest absolute Gasteiger partial charge is 0.326 e. The number of amides is 3. The van der Waals surface area contributed by atoms with E-state index in [9.17, 15) is 24.3 Å². The van der Waals surface area contributed by atoms with E-state index in [-0.39, 0.29) is 25.7 Å². The molecule has 3 heterocycles. The molecule has 13 nitrogen and oxygen atoms in total. The van der Waals surface area contributed by atoms with Crippen LogP contribution in [-0.4, -0.2) is 72.9 Å². The molecule has 0 radical (unpaired) electrons. The van der Waals surface area contributed by atoms with Gasteiger partial charge in [-0.1, -0.05) is 66.7 Å². The second-order valence-electron chi connectivity index (χ2n) is 12.2. The molecule has 0 aliphatic carbocycles. The van der Waals surface area contributed by atoms with E-state index in [1.165, 1.54) is 12.5 Å². The number of hydrogen-bond donors (Lipinski definition) is 8. The van der Waals surface area contributed by atoms with E-state index in [0.29, 0.717) is 5.69 Å². The Morgan fingerprint density at radius 2 is 1.18 bits per heavy atom. The molecule has 4 atom stereocenters. The van der Waals surface area contributed by atoms with Gasteiger partial charge in [0.25, 0.3) is 0 Å². The number of aromatic amines is 3. The average molecular weight is 675 g/mol. The van der Waals surface area contributed by atoms with Crippen molar-refractivity contribution in [3.63, 3.8) is 0 Å². The van der Waals surface area contributed by atoms with E-state index >= 15 is 0 Å². The Labute approximate surface area is 287 Å². The van der Waals surface area contributed by atoms with Gasteiger partial charge in [0, 0.05) is 65.4 Å². The minimum absolute atomic E-state index is 0.0410. The van der Waals surface area contributed by atoms with Crippen LogP contribution in [0.5, 0.6) is 0 Å². The summed E-state index contributed by atoms with van der Waals surface area (Å²) >= 11 is 0. The zero-order valence-electron chi connectivity index (χ0n) is 27.1. The fourth-order valence-corrected chi connectivity index (χ4v) is 6.06. The first-order chi connectivity index (χ1) is 24.2. The number of hydrogen-bond acceptors (Lipinski definition) is 6. The predicted octanol–water partition coefficient (Wildman–Crippen LogP) is 2.51. The maximum absolute atomic E-state index is 14.1. The molecule has 0 spiro atoms. The molecule has 0 aliphatic heterocycles. The van der Waals surface area contributed by atoms with E-state index in [1.54, 1.807) is 30.5 Å². The van der Waals surface area contributed by atoms with Crippen molar-refractivity contribution in [3.05, 3.63) is 126 Å². The average Bonchev–Trinajstić information content (AvgIpc) is 3.89. The summed E-state index contributed by atoms with van der Waals surface area (Å²) in [7, 11) is 0. The van der Waals surface area contributed by atoms with Crippen molar-refractivity contribution in [2.75, 3.05) is 0 Å². The van der Waals surface area contributed by atoms with Crippen molar-refractivity contribution in [3.8, 4) is 0 Å². The number of carbonyl (C=O) groups is 4. The zero-order valence-corrected chi connectivity index (χ0v) is 27.1. The summed E-state index contributed by atoms with van der Waals surface area (Å²) in [4.78, 5) is 66.8. The Morgan fingerprint density at radius 3 is 1.78 bits per heavy atom. The summed E-state index contributed by atoms with van der Waals surface area (Å²) in [5.41, 5.74) is 11.1. The largest absolute Gasteiger partial charge is 0.480 e. The van der Waals surface area contributed by atoms with Crippen LogP contribution in [0.4, 0.5) is 0 Å². The Morgan fingerprint density at radius 1 is 0.640 bits per heavy atom. The molecular weight excluding hydrogens is 636 g/mol. The first-order valence-electron chi connectivity index (χ1n) is 16.3. The van der Waals surface area contributed by atoms with Crippen LogP contribution in [0.25, 0.3) is 21.8 Å². The van der Waals surface area contributed by atoms with E-state index < -0.39 is 47.9 Å². The Balaban J connectivity index is 1.24. The number of rotatable bonds is 15. The minimum Gasteiger partial charge on any atom is -0.480 e. The summed E-state index contributed by atoms with van der Waals surface area (Å²) in [6, 6.07) is 19.8. The van der Waals surface area contributed by atoms with Gasteiger partial charge in [0.2, 0.25) is 17.7 Å². The molecule has 0 saturated carbocycles. The van der Waals surface area contributed by atoms with Crippen molar-refractivity contribution in [2.45, 2.75) is 49.9 Å². The third kappa shape index (κ3) is 8.08. The summed E-state index contributed by atoms with van der Waals surface area (Å²) < 4.78 is 0. The molecule has 256 valence electrons. The third-order valence-electron chi connectivity index (χ3n) is 8.69. The molecule has 9 N–H and O–H groups in total. The van der Waals surface area contributed by atoms with Gasteiger partial charge >= 0.3 is 5.97 Å². The van der Waals surface area contributed by atoms with Crippen molar-refractivity contribution in [1.82, 2.24) is 35.9 Å². The lowest BCUT2D eigenvalue weighted by atomic mass is 10.0. The zero-order chi connectivity index (χ0) is 35.0. The van der Waals surface area contributed by atoms with Crippen molar-refractivity contribution in [2.24, 2.45) is 5.73 Å². The number of nitrogens with one attached hydrogen (secondary N) is 6. The van der Waals surface area contributed by atoms with Gasteiger partial charge < -0.3 is 41.7 Å². The molecule has 0 bridgehead atoms. The van der Waals surface area contributed by atoms with Crippen molar-refractivity contribution in [1.29, 1.82) is 0 Å². The van der Waals surface area contributed by atoms with Crippen LogP contribution in [0.3, 0.4) is 0 Å². The van der Waals surface area contributed by atoms with Gasteiger partial charge in [-0.3, -0.25) is 14.4 Å². The number of carboxylic acids is 1. The molecular formula is C37H38N8O5. The number of benzene rings is 3. The minimum atomic E-state index is -1.29. The molecule has 0 saturated heterocycles. The highest BCUT2D eigenvalue weighted by atomic mass is 16.4. The number of fused-ring (bicyclic) bond motifs is 2. The SMILES string of the molecule is NC(Cc1c[nH]c2ccccc12)C(=O)NC(Cc1c[nH]c2ccccc12)C(=O)NC(Cc1ccccc1)C(=O)NC(Cc1cnc[nH]1)C(=O)O. The number of imidazole rings is 1. The van der Waals surface area contributed by atoms with Gasteiger partial charge in [0.05, 0.1) is 12.4 Å². The fraction of sp³-hybridized carbons (Fsp3) is 0.216. The number of carbonyl (C=O) groups excluding carboxylic acids is 3. The van der Waals surface area contributed by atoms with Gasteiger partial charge in [0.15, 0.2) is 0 Å². The standard InChI is InChI=1S/C37H38N8O5/c38-28(15-23-18-40-29-12-6-4-10-26(23)29)34(46)43-32(16-24-19-41-30-13-7-5-11-27(24)30)36(48)44-31(14-22-8-2-1-3-9-22)35(47)45-33(37(49)50)17-25-20-39-21-42-25/h1-13,18-21,28,31-33,40-41H,14-17,38H2,(H,39,42)(H,43,46)(H,44,48)(H,45,47)(H,49,50). The Hall–Kier alpha value is -6.21. The first kappa shape index (κ1) is 33.7. The van der Waals surface area contributed by atoms with E-state index in [1.807, 2.05) is 60.8 Å². The van der Waals surface area contributed by atoms with Gasteiger partial charge in [-0.25, -0.2) is 9.78 Å². The summed E-state index contributed by atoms with van der Waals surface area (Å²) in [6.45, 7) is 0. The molecule has 13 heteroatoms. The maximum atomic E-state index is 14.1. The van der Waals surface area contributed by atoms with Crippen LogP contribution in [0.2, 0.25) is 0 Å². The van der Waals surface area contributed by atoms with E-state index in [4.69, 9.17) is 5.73 Å². The quantitative estimate of drug-likeness (QED) is 0.0815. The molecule has 0 fully saturated rings. The lowest BCUT2D eigenvalue weighted by Gasteiger charge is -2.25. The number of para-hydroxylation sites is 2. The second-order valence-corrected chi connectivity index (χ2v) is 12.2. The lowest BCUT2D eigenvalue weighted by molar-refractivity contribution is -0.142. The van der Waals surface area contributed by atoms with Gasteiger partial charge in [-0.15, -0.1) is 0 Å². The molecule has 6 aromatic rings. The third-order valence-corrected chi connectivity index (χ3v) is 8.69.